The molecule has 4 aliphatic rings. The zero-order chi connectivity index (χ0) is 23.1. The van der Waals surface area contributed by atoms with Crippen LogP contribution in [0.2, 0.25) is 0 Å². The van der Waals surface area contributed by atoms with E-state index in [0.717, 1.165) is 4.90 Å². The molecule has 172 valence electrons. The van der Waals surface area contributed by atoms with Crippen LogP contribution in [0, 0.1) is 17.8 Å². The van der Waals surface area contributed by atoms with Crippen LogP contribution in [-0.4, -0.2) is 70.6 Å². The molecule has 4 rings (SSSR count). The molecule has 2 saturated heterocycles. The summed E-state index contributed by atoms with van der Waals surface area (Å²) in [6.45, 7) is 9.10. The summed E-state index contributed by atoms with van der Waals surface area (Å²) in [5.74, 6) is -3.56. The number of aliphatic hydroxyl groups is 1. The Balaban J connectivity index is 1.80. The van der Waals surface area contributed by atoms with Gasteiger partial charge in [0.25, 0.3) is 0 Å². The Hall–Kier alpha value is -2.62. The van der Waals surface area contributed by atoms with E-state index in [4.69, 9.17) is 14.2 Å². The lowest BCUT2D eigenvalue weighted by Crippen LogP contribution is -2.65. The molecule has 0 radical (unpaired) electrons. The molecule has 1 aliphatic carbocycles. The van der Waals surface area contributed by atoms with Crippen molar-refractivity contribution in [2.75, 3.05) is 13.2 Å². The van der Waals surface area contributed by atoms with Gasteiger partial charge in [-0.1, -0.05) is 13.8 Å². The highest BCUT2D eigenvalue weighted by atomic mass is 16.6. The molecule has 2 fully saturated rings. The van der Waals surface area contributed by atoms with E-state index in [1.165, 1.54) is 12.2 Å². The van der Waals surface area contributed by atoms with Crippen molar-refractivity contribution >= 4 is 24.1 Å². The highest BCUT2D eigenvalue weighted by molar-refractivity contribution is 6.00. The van der Waals surface area contributed by atoms with Gasteiger partial charge < -0.3 is 24.6 Å². The van der Waals surface area contributed by atoms with Crippen LogP contribution in [0.15, 0.2) is 12.2 Å². The van der Waals surface area contributed by atoms with Gasteiger partial charge in [-0.3, -0.25) is 4.79 Å². The number of carbonyl (C=O) groups is 4. The Morgan fingerprint density at radius 2 is 2.03 bits per heavy atom. The van der Waals surface area contributed by atoms with Crippen LogP contribution in [0.5, 0.6) is 0 Å². The number of carbonyl (C=O) groups excluding carboxylic acids is 4. The minimum atomic E-state index is -2.19. The molecule has 0 saturated carbocycles. The van der Waals surface area contributed by atoms with E-state index in [-0.39, 0.29) is 25.5 Å². The number of cyclic esters (lactones) is 1. The lowest BCUT2D eigenvalue weighted by atomic mass is 9.67. The van der Waals surface area contributed by atoms with Crippen LogP contribution in [0.3, 0.4) is 0 Å². The molecule has 3 heterocycles. The van der Waals surface area contributed by atoms with Crippen LogP contribution in [0.1, 0.15) is 41.0 Å². The number of hydrogen-bond donors (Lipinski definition) is 2. The maximum atomic E-state index is 13.5. The number of imide groups is 1. The number of nitrogens with one attached hydrogen (secondary N) is 1. The van der Waals surface area contributed by atoms with E-state index < -0.39 is 59.2 Å². The van der Waals surface area contributed by atoms with Gasteiger partial charge >= 0.3 is 18.2 Å². The van der Waals surface area contributed by atoms with Crippen molar-refractivity contribution in [3.8, 4) is 0 Å². The Bertz CT molecular complexity index is 802. The monoisotopic (exact) mass is 438 g/mol. The van der Waals surface area contributed by atoms with Crippen molar-refractivity contribution in [3.05, 3.63) is 12.2 Å². The molecular formula is C21H30N2O8. The van der Waals surface area contributed by atoms with Crippen molar-refractivity contribution in [2.24, 2.45) is 17.8 Å². The number of fused-ring (bicyclic) bond motifs is 2. The Morgan fingerprint density at radius 1 is 1.35 bits per heavy atom. The van der Waals surface area contributed by atoms with Crippen molar-refractivity contribution in [2.45, 2.75) is 64.4 Å². The van der Waals surface area contributed by atoms with Gasteiger partial charge in [0.1, 0.15) is 18.3 Å². The predicted octanol–water partition coefficient (Wildman–Crippen LogP) is 1.36. The van der Waals surface area contributed by atoms with E-state index in [2.05, 4.69) is 5.32 Å². The first-order chi connectivity index (χ1) is 14.3. The SMILES string of the molecule is CC(C)[C@H]1COC(=O)N1C(=O)[C@H]1[C@H](CCNC(=O)OC(C)(C)C)[C@H]2C=C[C@]1(O)C(=O)O2. The lowest BCUT2D eigenvalue weighted by molar-refractivity contribution is -0.199. The molecule has 0 aromatic carbocycles. The molecular weight excluding hydrogens is 408 g/mol. The Morgan fingerprint density at radius 3 is 2.61 bits per heavy atom. The molecule has 0 aromatic rings. The Kier molecular flexibility index (Phi) is 6.05. The van der Waals surface area contributed by atoms with Crippen molar-refractivity contribution in [3.63, 3.8) is 0 Å². The summed E-state index contributed by atoms with van der Waals surface area (Å²) in [7, 11) is 0. The second kappa shape index (κ2) is 8.14. The number of alkyl carbamates (subject to hydrolysis) is 1. The standard InChI is InChI=1S/C21H30N2O8/c1-11(2)13-10-29-19(27)23(13)16(24)15-12(7-9-22-18(26)31-20(3,4)5)14-6-8-21(15,28)17(25)30-14/h6,8,11-15,28H,7,9-10H2,1-5H3,(H,22,26)/t12-,13-,14-,15-,21-/m1/s1. The summed E-state index contributed by atoms with van der Waals surface area (Å²) in [4.78, 5) is 51.1. The fourth-order valence-corrected chi connectivity index (χ4v) is 4.23. The van der Waals surface area contributed by atoms with Crippen molar-refractivity contribution in [1.82, 2.24) is 10.2 Å². The zero-order valence-corrected chi connectivity index (χ0v) is 18.4. The smallest absolute Gasteiger partial charge is 0.416 e. The number of rotatable bonds is 5. The van der Waals surface area contributed by atoms with Crippen LogP contribution in [-0.2, 0) is 23.8 Å². The average Bonchev–Trinajstić information content (AvgIpc) is 3.03. The van der Waals surface area contributed by atoms with E-state index in [9.17, 15) is 24.3 Å². The van der Waals surface area contributed by atoms with Gasteiger partial charge in [-0.15, -0.1) is 0 Å². The largest absolute Gasteiger partial charge is 0.455 e. The Labute approximate surface area is 180 Å². The molecule has 2 N–H and O–H groups in total. The minimum Gasteiger partial charge on any atom is -0.455 e. The van der Waals surface area contributed by atoms with E-state index in [1.54, 1.807) is 20.8 Å². The normalized spacial score (nSPS) is 32.2. The average molecular weight is 438 g/mol. The van der Waals surface area contributed by atoms with Gasteiger partial charge in [-0.25, -0.2) is 19.3 Å². The van der Waals surface area contributed by atoms with Crippen molar-refractivity contribution in [1.29, 1.82) is 0 Å². The summed E-state index contributed by atoms with van der Waals surface area (Å²) in [6, 6.07) is -0.496. The number of hydrogen-bond acceptors (Lipinski definition) is 8. The molecule has 0 spiro atoms. The third-order valence-electron chi connectivity index (χ3n) is 5.76. The van der Waals surface area contributed by atoms with Crippen LogP contribution < -0.4 is 5.32 Å². The van der Waals surface area contributed by atoms with Gasteiger partial charge in [-0.2, -0.15) is 0 Å². The van der Waals surface area contributed by atoms with Gasteiger partial charge in [0, 0.05) is 12.5 Å². The first kappa shape index (κ1) is 23.1. The topological polar surface area (TPSA) is 131 Å². The molecule has 0 aromatic heterocycles. The highest BCUT2D eigenvalue weighted by Gasteiger charge is 2.62. The van der Waals surface area contributed by atoms with Gasteiger partial charge in [0.05, 0.1) is 12.0 Å². The van der Waals surface area contributed by atoms with Gasteiger partial charge in [0.15, 0.2) is 5.60 Å². The zero-order valence-electron chi connectivity index (χ0n) is 18.4. The van der Waals surface area contributed by atoms with Gasteiger partial charge in [0.2, 0.25) is 5.91 Å². The third kappa shape index (κ3) is 4.39. The number of amides is 3. The molecule has 10 heteroatoms. The second-order valence-corrected chi connectivity index (χ2v) is 9.51. The molecule has 0 unspecified atom stereocenters. The molecule has 3 aliphatic heterocycles. The number of esters is 1. The summed E-state index contributed by atoms with van der Waals surface area (Å²) < 4.78 is 15.5. The van der Waals surface area contributed by atoms with E-state index in [1.807, 2.05) is 13.8 Å². The van der Waals surface area contributed by atoms with E-state index in [0.29, 0.717) is 0 Å². The first-order valence-electron chi connectivity index (χ1n) is 10.4. The number of nitrogens with zero attached hydrogens (tertiary/aromatic N) is 1. The second-order valence-electron chi connectivity index (χ2n) is 9.51. The first-order valence-corrected chi connectivity index (χ1v) is 10.4. The molecule has 5 atom stereocenters. The summed E-state index contributed by atoms with van der Waals surface area (Å²) >= 11 is 0. The maximum absolute atomic E-state index is 13.5. The molecule has 31 heavy (non-hydrogen) atoms. The molecule has 10 nitrogen and oxygen atoms in total. The third-order valence-corrected chi connectivity index (χ3v) is 5.76. The lowest BCUT2D eigenvalue weighted by Gasteiger charge is -2.48. The molecule has 3 amide bonds. The summed E-state index contributed by atoms with van der Waals surface area (Å²) in [5, 5.41) is 13.7. The van der Waals surface area contributed by atoms with Crippen molar-refractivity contribution < 1.29 is 38.5 Å². The summed E-state index contributed by atoms with van der Waals surface area (Å²) in [6.07, 6.45) is 0.839. The van der Waals surface area contributed by atoms with Crippen LogP contribution in [0.25, 0.3) is 0 Å². The maximum Gasteiger partial charge on any atom is 0.416 e. The fourth-order valence-electron chi connectivity index (χ4n) is 4.23. The van der Waals surface area contributed by atoms with E-state index >= 15 is 0 Å². The minimum absolute atomic E-state index is 0.0575. The fraction of sp³-hybridized carbons (Fsp3) is 0.714. The predicted molar refractivity (Wildman–Crippen MR) is 107 cm³/mol. The van der Waals surface area contributed by atoms with Gasteiger partial charge in [-0.05, 0) is 45.3 Å². The number of ether oxygens (including phenoxy) is 3. The highest BCUT2D eigenvalue weighted by Crippen LogP contribution is 2.44. The van der Waals surface area contributed by atoms with Crippen LogP contribution in [0.4, 0.5) is 9.59 Å². The molecule has 2 bridgehead atoms. The van der Waals surface area contributed by atoms with Crippen LogP contribution >= 0.6 is 0 Å². The summed E-state index contributed by atoms with van der Waals surface area (Å²) in [5.41, 5.74) is -2.85. The quantitative estimate of drug-likeness (QED) is 0.374.